The number of carbonyl (C=O) groups excluding carboxylic acids is 1. The molecular formula is C15H13FN4OS3. The maximum Gasteiger partial charge on any atom is 0.230 e. The van der Waals surface area contributed by atoms with Gasteiger partial charge in [0.25, 0.3) is 0 Å². The summed E-state index contributed by atoms with van der Waals surface area (Å²) in [6, 6.07) is 10.1. The van der Waals surface area contributed by atoms with Crippen LogP contribution in [0.2, 0.25) is 0 Å². The highest BCUT2D eigenvalue weighted by Crippen LogP contribution is 2.27. The predicted molar refractivity (Wildman–Crippen MR) is 96.5 cm³/mol. The van der Waals surface area contributed by atoms with Gasteiger partial charge in [-0.1, -0.05) is 35.2 Å². The number of rotatable bonds is 7. The Labute approximate surface area is 150 Å². The number of benzene rings is 1. The van der Waals surface area contributed by atoms with Gasteiger partial charge < -0.3 is 10.6 Å². The van der Waals surface area contributed by atoms with Crippen LogP contribution in [0.3, 0.4) is 0 Å². The van der Waals surface area contributed by atoms with Crippen molar-refractivity contribution in [2.45, 2.75) is 10.9 Å². The van der Waals surface area contributed by atoms with E-state index in [1.165, 1.54) is 35.2 Å². The van der Waals surface area contributed by atoms with Gasteiger partial charge in [0.15, 0.2) is 4.34 Å². The molecule has 0 unspecified atom stereocenters. The molecule has 0 fully saturated rings. The molecule has 124 valence electrons. The number of thiophene rings is 1. The quantitative estimate of drug-likeness (QED) is 0.609. The minimum atomic E-state index is -0.318. The second-order valence-corrected chi connectivity index (χ2v) is 7.89. The van der Waals surface area contributed by atoms with Crippen molar-refractivity contribution < 1.29 is 9.18 Å². The fraction of sp³-hybridized carbons (Fsp3) is 0.133. The van der Waals surface area contributed by atoms with Crippen molar-refractivity contribution in [1.82, 2.24) is 15.5 Å². The Hall–Kier alpha value is -1.97. The zero-order chi connectivity index (χ0) is 16.8. The van der Waals surface area contributed by atoms with Crippen LogP contribution in [0.1, 0.15) is 4.88 Å². The highest BCUT2D eigenvalue weighted by molar-refractivity contribution is 8.01. The van der Waals surface area contributed by atoms with E-state index in [1.54, 1.807) is 23.5 Å². The molecular weight excluding hydrogens is 367 g/mol. The van der Waals surface area contributed by atoms with Crippen LogP contribution < -0.4 is 10.6 Å². The normalized spacial score (nSPS) is 10.5. The van der Waals surface area contributed by atoms with E-state index in [-0.39, 0.29) is 17.5 Å². The molecule has 0 saturated heterocycles. The number of hydrogen-bond acceptors (Lipinski definition) is 7. The van der Waals surface area contributed by atoms with Crippen LogP contribution in [0.4, 0.5) is 15.2 Å². The van der Waals surface area contributed by atoms with Crippen molar-refractivity contribution in [1.29, 1.82) is 0 Å². The minimum absolute atomic E-state index is 0.0526. The molecule has 3 rings (SSSR count). The van der Waals surface area contributed by atoms with E-state index < -0.39 is 0 Å². The van der Waals surface area contributed by atoms with Crippen LogP contribution in [-0.4, -0.2) is 21.9 Å². The Morgan fingerprint density at radius 1 is 1.25 bits per heavy atom. The van der Waals surface area contributed by atoms with Crippen LogP contribution in [-0.2, 0) is 11.3 Å². The van der Waals surface area contributed by atoms with Gasteiger partial charge in [-0.2, -0.15) is 0 Å². The summed E-state index contributed by atoms with van der Waals surface area (Å²) in [6.07, 6.45) is 0. The lowest BCUT2D eigenvalue weighted by atomic mass is 10.3. The van der Waals surface area contributed by atoms with Gasteiger partial charge in [0.1, 0.15) is 5.82 Å². The van der Waals surface area contributed by atoms with E-state index in [0.717, 1.165) is 4.88 Å². The largest absolute Gasteiger partial charge is 0.350 e. The fourth-order valence-electron chi connectivity index (χ4n) is 1.79. The Morgan fingerprint density at radius 2 is 2.17 bits per heavy atom. The van der Waals surface area contributed by atoms with Gasteiger partial charge in [-0.3, -0.25) is 4.79 Å². The summed E-state index contributed by atoms with van der Waals surface area (Å²) < 4.78 is 13.8. The van der Waals surface area contributed by atoms with Gasteiger partial charge in [-0.05, 0) is 29.6 Å². The van der Waals surface area contributed by atoms with Gasteiger partial charge in [0, 0.05) is 10.6 Å². The average Bonchev–Trinajstić information content (AvgIpc) is 3.23. The molecule has 5 nitrogen and oxygen atoms in total. The number of amides is 1. The first-order valence-corrected chi connectivity index (χ1v) is 9.65. The predicted octanol–water partition coefficient (Wildman–Crippen LogP) is 3.89. The maximum absolute atomic E-state index is 13.1. The smallest absolute Gasteiger partial charge is 0.230 e. The molecule has 0 spiro atoms. The summed E-state index contributed by atoms with van der Waals surface area (Å²) in [4.78, 5) is 12.9. The number of carbonyl (C=O) groups is 1. The molecule has 0 aliphatic carbocycles. The molecule has 1 amide bonds. The number of thioether (sulfide) groups is 1. The second-order valence-electron chi connectivity index (χ2n) is 4.65. The number of nitrogens with one attached hydrogen (secondary N) is 2. The molecule has 2 heterocycles. The van der Waals surface area contributed by atoms with Gasteiger partial charge in [0.05, 0.1) is 12.3 Å². The van der Waals surface area contributed by atoms with Crippen molar-refractivity contribution in [3.05, 3.63) is 52.5 Å². The third-order valence-corrected chi connectivity index (χ3v) is 5.70. The molecule has 0 radical (unpaired) electrons. The fourth-order valence-corrected chi connectivity index (χ4v) is 4.03. The molecule has 2 N–H and O–H groups in total. The third kappa shape index (κ3) is 5.02. The second kappa shape index (κ2) is 8.22. The van der Waals surface area contributed by atoms with E-state index >= 15 is 0 Å². The van der Waals surface area contributed by atoms with Gasteiger partial charge in [0.2, 0.25) is 11.0 Å². The topological polar surface area (TPSA) is 66.9 Å². The molecule has 0 saturated carbocycles. The minimum Gasteiger partial charge on any atom is -0.350 e. The SMILES string of the molecule is O=C(CSc1nnc(Nc2cccc(F)c2)s1)NCc1cccs1. The molecule has 3 aromatic rings. The molecule has 24 heavy (non-hydrogen) atoms. The molecule has 0 atom stereocenters. The number of halogens is 1. The van der Waals surface area contributed by atoms with Crippen molar-refractivity contribution in [3.63, 3.8) is 0 Å². The Kier molecular flexibility index (Phi) is 5.78. The summed E-state index contributed by atoms with van der Waals surface area (Å²) in [5.74, 6) is -0.0928. The highest BCUT2D eigenvalue weighted by atomic mass is 32.2. The molecule has 0 bridgehead atoms. The van der Waals surface area contributed by atoms with Crippen LogP contribution >= 0.6 is 34.4 Å². The Balaban J connectivity index is 1.46. The van der Waals surface area contributed by atoms with Crippen molar-refractivity contribution in [3.8, 4) is 0 Å². The lowest BCUT2D eigenvalue weighted by molar-refractivity contribution is -0.118. The molecule has 0 aliphatic rings. The first-order valence-electron chi connectivity index (χ1n) is 6.97. The zero-order valence-corrected chi connectivity index (χ0v) is 14.8. The molecule has 2 aromatic heterocycles. The molecule has 1 aromatic carbocycles. The zero-order valence-electron chi connectivity index (χ0n) is 12.4. The Bertz CT molecular complexity index is 807. The lowest BCUT2D eigenvalue weighted by Gasteiger charge is -2.02. The van der Waals surface area contributed by atoms with Crippen LogP contribution in [0.15, 0.2) is 46.1 Å². The standard InChI is InChI=1S/C15H13FN4OS3/c16-10-3-1-4-11(7-10)18-14-19-20-15(24-14)23-9-13(21)17-8-12-5-2-6-22-12/h1-7H,8-9H2,(H,17,21)(H,18,19). The van der Waals surface area contributed by atoms with Crippen LogP contribution in [0.5, 0.6) is 0 Å². The molecule has 9 heteroatoms. The Morgan fingerprint density at radius 3 is 2.96 bits per heavy atom. The van der Waals surface area contributed by atoms with Crippen molar-refractivity contribution in [2.75, 3.05) is 11.1 Å². The van der Waals surface area contributed by atoms with Crippen molar-refractivity contribution >= 4 is 51.2 Å². The molecule has 0 aliphatic heterocycles. The van der Waals surface area contributed by atoms with E-state index in [4.69, 9.17) is 0 Å². The van der Waals surface area contributed by atoms with Crippen molar-refractivity contribution in [2.24, 2.45) is 0 Å². The summed E-state index contributed by atoms with van der Waals surface area (Å²) in [7, 11) is 0. The van der Waals surface area contributed by atoms with Crippen LogP contribution in [0, 0.1) is 5.82 Å². The number of aromatic nitrogens is 2. The first kappa shape index (κ1) is 16.9. The van der Waals surface area contributed by atoms with E-state index in [2.05, 4.69) is 20.8 Å². The van der Waals surface area contributed by atoms with E-state index in [0.29, 0.717) is 21.7 Å². The van der Waals surface area contributed by atoms with Gasteiger partial charge in [-0.15, -0.1) is 21.5 Å². The average molecular weight is 380 g/mol. The number of hydrogen-bond donors (Lipinski definition) is 2. The summed E-state index contributed by atoms with van der Waals surface area (Å²) in [6.45, 7) is 0.541. The number of nitrogens with zero attached hydrogens (tertiary/aromatic N) is 2. The first-order chi connectivity index (χ1) is 11.7. The summed E-state index contributed by atoms with van der Waals surface area (Å²) in [5, 5.41) is 16.4. The highest BCUT2D eigenvalue weighted by Gasteiger charge is 2.09. The summed E-state index contributed by atoms with van der Waals surface area (Å²) >= 11 is 4.25. The summed E-state index contributed by atoms with van der Waals surface area (Å²) in [5.41, 5.74) is 0.608. The third-order valence-electron chi connectivity index (χ3n) is 2.85. The van der Waals surface area contributed by atoms with E-state index in [9.17, 15) is 9.18 Å². The lowest BCUT2D eigenvalue weighted by Crippen LogP contribution is -2.24. The van der Waals surface area contributed by atoms with E-state index in [1.807, 2.05) is 17.5 Å². The van der Waals surface area contributed by atoms with Crippen LogP contribution in [0.25, 0.3) is 0 Å². The van der Waals surface area contributed by atoms with Gasteiger partial charge >= 0.3 is 0 Å². The van der Waals surface area contributed by atoms with Gasteiger partial charge in [-0.25, -0.2) is 4.39 Å². The number of anilines is 2. The monoisotopic (exact) mass is 380 g/mol. The maximum atomic E-state index is 13.1.